The topological polar surface area (TPSA) is 73.1 Å². The van der Waals surface area contributed by atoms with Crippen LogP contribution in [0.4, 0.5) is 26.3 Å². The molecular formula is C22H21F6N5O2. The van der Waals surface area contributed by atoms with Crippen LogP contribution in [0.5, 0.6) is 5.88 Å². The molecule has 0 saturated carbocycles. The van der Waals surface area contributed by atoms with Crippen molar-refractivity contribution in [1.29, 1.82) is 0 Å². The second-order valence-corrected chi connectivity index (χ2v) is 7.59. The molecule has 188 valence electrons. The van der Waals surface area contributed by atoms with Gasteiger partial charge in [-0.3, -0.25) is 14.5 Å². The van der Waals surface area contributed by atoms with Gasteiger partial charge in [-0.05, 0) is 32.0 Å². The summed E-state index contributed by atoms with van der Waals surface area (Å²) in [6, 6.07) is 3.30. The number of likely N-dealkylation sites (N-methyl/N-ethyl adjacent to an activating group) is 1. The fourth-order valence-electron chi connectivity index (χ4n) is 3.39. The van der Waals surface area contributed by atoms with Crippen LogP contribution in [0, 0.1) is 0 Å². The van der Waals surface area contributed by atoms with Gasteiger partial charge in [0.15, 0.2) is 0 Å². The van der Waals surface area contributed by atoms with Crippen molar-refractivity contribution in [2.45, 2.75) is 32.2 Å². The van der Waals surface area contributed by atoms with Crippen LogP contribution in [0.25, 0.3) is 11.3 Å². The Balaban J connectivity index is 1.87. The van der Waals surface area contributed by atoms with Crippen molar-refractivity contribution in [2.75, 3.05) is 13.2 Å². The molecule has 3 rings (SSSR count). The first-order valence-corrected chi connectivity index (χ1v) is 10.4. The van der Waals surface area contributed by atoms with Crippen molar-refractivity contribution in [3.8, 4) is 17.1 Å². The molecule has 13 heteroatoms. The molecule has 0 aromatic carbocycles. The van der Waals surface area contributed by atoms with E-state index in [1.807, 2.05) is 0 Å². The van der Waals surface area contributed by atoms with Crippen LogP contribution in [0.3, 0.4) is 0 Å². The fraction of sp³-hybridized carbons (Fsp3) is 0.364. The van der Waals surface area contributed by atoms with E-state index < -0.39 is 46.7 Å². The summed E-state index contributed by atoms with van der Waals surface area (Å²) in [5, 5.41) is 4.02. The standard InChI is InChI=1S/C22H21F6N5O2/c1-4-33(13(2)12-35-17-6-5-14(11-30-17)21(23,24)25)20(34)19-18(16-8-10-32(3)31-16)15(7-9-29-19)22(26,27)28/h5-11,13H,4,12H2,1-3H3. The van der Waals surface area contributed by atoms with E-state index in [4.69, 9.17) is 4.74 Å². The van der Waals surface area contributed by atoms with Crippen LogP contribution < -0.4 is 4.74 Å². The van der Waals surface area contributed by atoms with E-state index in [2.05, 4.69) is 15.1 Å². The summed E-state index contributed by atoms with van der Waals surface area (Å²) >= 11 is 0. The Kier molecular flexibility index (Phi) is 7.36. The normalized spacial score (nSPS) is 12.9. The van der Waals surface area contributed by atoms with Gasteiger partial charge in [0, 0.05) is 43.8 Å². The van der Waals surface area contributed by atoms with Crippen LogP contribution in [0.1, 0.15) is 35.5 Å². The maximum Gasteiger partial charge on any atom is 0.417 e. The lowest BCUT2D eigenvalue weighted by Crippen LogP contribution is -2.42. The molecule has 1 unspecified atom stereocenters. The summed E-state index contributed by atoms with van der Waals surface area (Å²) < 4.78 is 86.0. The van der Waals surface area contributed by atoms with Crippen LogP contribution >= 0.6 is 0 Å². The van der Waals surface area contributed by atoms with Crippen molar-refractivity contribution in [3.63, 3.8) is 0 Å². The molecule has 0 saturated heterocycles. The van der Waals surface area contributed by atoms with Crippen molar-refractivity contribution in [1.82, 2.24) is 24.6 Å². The third-order valence-corrected chi connectivity index (χ3v) is 5.10. The SMILES string of the molecule is CCN(C(=O)c1nccc(C(F)(F)F)c1-c1ccn(C)n1)C(C)COc1ccc(C(F)(F)F)cn1. The third-order valence-electron chi connectivity index (χ3n) is 5.10. The number of hydrogen-bond acceptors (Lipinski definition) is 5. The van der Waals surface area contributed by atoms with Crippen molar-refractivity contribution >= 4 is 5.91 Å². The Bertz CT molecular complexity index is 1170. The number of halogens is 6. The molecule has 1 amide bonds. The average molecular weight is 501 g/mol. The summed E-state index contributed by atoms with van der Waals surface area (Å²) in [5.74, 6) is -0.879. The quantitative estimate of drug-likeness (QED) is 0.433. The Morgan fingerprint density at radius 2 is 1.80 bits per heavy atom. The van der Waals surface area contributed by atoms with Gasteiger partial charge in [-0.1, -0.05) is 0 Å². The molecule has 0 N–H and O–H groups in total. The Morgan fingerprint density at radius 1 is 1.09 bits per heavy atom. The number of aromatic nitrogens is 4. The van der Waals surface area contributed by atoms with Crippen molar-refractivity contribution < 1.29 is 35.9 Å². The smallest absolute Gasteiger partial charge is 0.417 e. The molecule has 0 radical (unpaired) electrons. The number of amides is 1. The number of ether oxygens (including phenoxy) is 1. The zero-order valence-corrected chi connectivity index (χ0v) is 18.9. The lowest BCUT2D eigenvalue weighted by Gasteiger charge is -2.28. The second-order valence-electron chi connectivity index (χ2n) is 7.59. The summed E-state index contributed by atoms with van der Waals surface area (Å²) in [6.07, 6.45) is -6.34. The van der Waals surface area contributed by atoms with Gasteiger partial charge in [0.1, 0.15) is 12.3 Å². The molecule has 0 aliphatic rings. The average Bonchev–Trinajstić information content (AvgIpc) is 3.22. The van der Waals surface area contributed by atoms with Gasteiger partial charge in [0.05, 0.1) is 22.9 Å². The van der Waals surface area contributed by atoms with E-state index in [1.165, 1.54) is 28.9 Å². The van der Waals surface area contributed by atoms with Gasteiger partial charge in [-0.15, -0.1) is 0 Å². The number of nitrogens with zero attached hydrogens (tertiary/aromatic N) is 5. The molecule has 3 aromatic heterocycles. The van der Waals surface area contributed by atoms with E-state index in [9.17, 15) is 31.1 Å². The molecule has 0 spiro atoms. The first-order valence-electron chi connectivity index (χ1n) is 10.4. The van der Waals surface area contributed by atoms with Crippen molar-refractivity contribution in [3.05, 3.63) is 59.7 Å². The number of aryl methyl sites for hydroxylation is 1. The number of carbonyl (C=O) groups is 1. The number of carbonyl (C=O) groups excluding carboxylic acids is 1. The lowest BCUT2D eigenvalue weighted by atomic mass is 10.0. The summed E-state index contributed by atoms with van der Waals surface area (Å²) in [4.78, 5) is 22.1. The Morgan fingerprint density at radius 3 is 2.31 bits per heavy atom. The highest BCUT2D eigenvalue weighted by molar-refractivity contribution is 5.99. The second kappa shape index (κ2) is 9.92. The van der Waals surface area contributed by atoms with E-state index in [1.54, 1.807) is 13.8 Å². The summed E-state index contributed by atoms with van der Waals surface area (Å²) in [6.45, 7) is 3.14. The van der Waals surface area contributed by atoms with Gasteiger partial charge in [-0.25, -0.2) is 4.98 Å². The minimum Gasteiger partial charge on any atom is -0.475 e. The Labute approximate surface area is 196 Å². The highest BCUT2D eigenvalue weighted by Crippen LogP contribution is 2.38. The van der Waals surface area contributed by atoms with Gasteiger partial charge in [0.2, 0.25) is 5.88 Å². The molecule has 1 atom stereocenters. The zero-order valence-electron chi connectivity index (χ0n) is 18.9. The monoisotopic (exact) mass is 501 g/mol. The maximum absolute atomic E-state index is 13.8. The van der Waals surface area contributed by atoms with Crippen molar-refractivity contribution in [2.24, 2.45) is 7.05 Å². The van der Waals surface area contributed by atoms with E-state index in [0.717, 1.165) is 24.4 Å². The number of rotatable bonds is 7. The zero-order chi connectivity index (χ0) is 26.0. The first kappa shape index (κ1) is 26.0. The molecule has 3 aromatic rings. The molecule has 0 aliphatic heterocycles. The first-order chi connectivity index (χ1) is 16.3. The largest absolute Gasteiger partial charge is 0.475 e. The van der Waals surface area contributed by atoms with Crippen LogP contribution in [-0.2, 0) is 19.4 Å². The Hall–Kier alpha value is -3.64. The number of hydrogen-bond donors (Lipinski definition) is 0. The predicted octanol–water partition coefficient (Wildman–Crippen LogP) is 4.84. The predicted molar refractivity (Wildman–Crippen MR) is 112 cm³/mol. The fourth-order valence-corrected chi connectivity index (χ4v) is 3.39. The number of alkyl halides is 6. The van der Waals surface area contributed by atoms with Gasteiger partial charge in [0.25, 0.3) is 5.91 Å². The minimum atomic E-state index is -4.76. The maximum atomic E-state index is 13.8. The molecule has 35 heavy (non-hydrogen) atoms. The molecule has 0 bridgehead atoms. The van der Waals surface area contributed by atoms with Crippen LogP contribution in [0.2, 0.25) is 0 Å². The number of pyridine rings is 2. The molecule has 7 nitrogen and oxygen atoms in total. The minimum absolute atomic E-state index is 0.0646. The van der Waals surface area contributed by atoms with E-state index in [-0.39, 0.29) is 24.7 Å². The third kappa shape index (κ3) is 5.89. The summed E-state index contributed by atoms with van der Waals surface area (Å²) in [7, 11) is 1.53. The van der Waals surface area contributed by atoms with Crippen LogP contribution in [0.15, 0.2) is 42.9 Å². The highest BCUT2D eigenvalue weighted by Gasteiger charge is 2.38. The van der Waals surface area contributed by atoms with E-state index in [0.29, 0.717) is 6.20 Å². The van der Waals surface area contributed by atoms with Crippen LogP contribution in [-0.4, -0.2) is 49.7 Å². The summed E-state index contributed by atoms with van der Waals surface area (Å²) in [5.41, 5.74) is -2.93. The van der Waals surface area contributed by atoms with Gasteiger partial charge >= 0.3 is 12.4 Å². The van der Waals surface area contributed by atoms with Gasteiger partial charge in [-0.2, -0.15) is 31.4 Å². The highest BCUT2D eigenvalue weighted by atomic mass is 19.4. The van der Waals surface area contributed by atoms with Gasteiger partial charge < -0.3 is 9.64 Å². The lowest BCUT2D eigenvalue weighted by molar-refractivity contribution is -0.138. The molecule has 3 heterocycles. The molecular weight excluding hydrogens is 480 g/mol. The molecule has 0 aliphatic carbocycles. The molecule has 0 fully saturated rings. The van der Waals surface area contributed by atoms with E-state index >= 15 is 0 Å².